The van der Waals surface area contributed by atoms with E-state index in [0.717, 1.165) is 21.8 Å². The molecular formula is C15H13B. The molecule has 76 valence electrons. The van der Waals surface area contributed by atoms with E-state index in [1.54, 1.807) is 0 Å². The van der Waals surface area contributed by atoms with Crippen LogP contribution in [0, 0.1) is 12.3 Å². The summed E-state index contributed by atoms with van der Waals surface area (Å²) in [6, 6.07) is 9.98. The van der Waals surface area contributed by atoms with E-state index in [-0.39, 0.29) is 0 Å². The maximum atomic E-state index is 5.98. The molecule has 0 amide bonds. The summed E-state index contributed by atoms with van der Waals surface area (Å²) < 4.78 is 0. The number of rotatable bonds is 1. The van der Waals surface area contributed by atoms with Gasteiger partial charge in [-0.15, -0.1) is 6.42 Å². The summed E-state index contributed by atoms with van der Waals surface area (Å²) in [4.78, 5) is 0. The fourth-order valence-electron chi connectivity index (χ4n) is 2.06. The molecule has 2 aromatic rings. The van der Waals surface area contributed by atoms with Crippen molar-refractivity contribution in [2.75, 3.05) is 0 Å². The lowest BCUT2D eigenvalue weighted by Gasteiger charge is -2.13. The van der Waals surface area contributed by atoms with Crippen LogP contribution in [0.5, 0.6) is 0 Å². The van der Waals surface area contributed by atoms with Gasteiger partial charge in [-0.3, -0.25) is 0 Å². The van der Waals surface area contributed by atoms with Crippen molar-refractivity contribution >= 4 is 24.1 Å². The lowest BCUT2D eigenvalue weighted by atomic mass is 9.84. The Morgan fingerprint density at radius 1 is 1.19 bits per heavy atom. The molecule has 2 rings (SSSR count). The van der Waals surface area contributed by atoms with E-state index in [2.05, 4.69) is 25.8 Å². The van der Waals surface area contributed by atoms with Crippen LogP contribution in [0.3, 0.4) is 0 Å². The molecule has 1 heteroatoms. The van der Waals surface area contributed by atoms with Crippen LogP contribution in [0.1, 0.15) is 30.9 Å². The number of hydrogen-bond donors (Lipinski definition) is 0. The summed E-state index contributed by atoms with van der Waals surface area (Å²) >= 11 is 0. The summed E-state index contributed by atoms with van der Waals surface area (Å²) in [5, 5.41) is 2.18. The highest BCUT2D eigenvalue weighted by Gasteiger charge is 2.09. The molecule has 0 saturated carbocycles. The largest absolute Gasteiger partial charge is 0.115 e. The molecule has 0 aliphatic heterocycles. The van der Waals surface area contributed by atoms with Crippen LogP contribution in [-0.2, 0) is 0 Å². The third kappa shape index (κ3) is 1.61. The highest BCUT2D eigenvalue weighted by Crippen LogP contribution is 2.26. The lowest BCUT2D eigenvalue weighted by molar-refractivity contribution is 0.876. The monoisotopic (exact) mass is 204 g/mol. The van der Waals surface area contributed by atoms with Gasteiger partial charge in [0.15, 0.2) is 0 Å². The highest BCUT2D eigenvalue weighted by atomic mass is 14.1. The van der Waals surface area contributed by atoms with Crippen LogP contribution in [0.25, 0.3) is 10.8 Å². The summed E-state index contributed by atoms with van der Waals surface area (Å²) in [7, 11) is 5.98. The molecule has 0 aromatic heterocycles. The first-order valence-corrected chi connectivity index (χ1v) is 5.43. The minimum Gasteiger partial charge on any atom is -0.115 e. The molecule has 0 spiro atoms. The molecule has 2 radical (unpaired) electrons. The van der Waals surface area contributed by atoms with E-state index in [1.165, 1.54) is 5.56 Å². The van der Waals surface area contributed by atoms with Gasteiger partial charge in [0.2, 0.25) is 0 Å². The van der Waals surface area contributed by atoms with Gasteiger partial charge in [0.1, 0.15) is 7.85 Å². The highest BCUT2D eigenvalue weighted by molar-refractivity contribution is 6.39. The Morgan fingerprint density at radius 3 is 2.56 bits per heavy atom. The molecule has 0 saturated heterocycles. The molecule has 2 aromatic carbocycles. The van der Waals surface area contributed by atoms with Crippen molar-refractivity contribution in [1.29, 1.82) is 0 Å². The minimum absolute atomic E-state index is 0.442. The molecule has 0 atom stereocenters. The van der Waals surface area contributed by atoms with Crippen LogP contribution in [0.15, 0.2) is 30.3 Å². The van der Waals surface area contributed by atoms with E-state index in [4.69, 9.17) is 14.3 Å². The zero-order valence-electron chi connectivity index (χ0n) is 9.62. The molecule has 0 N–H and O–H groups in total. The Balaban J connectivity index is 2.95. The Morgan fingerprint density at radius 2 is 1.94 bits per heavy atom. The second-order valence-electron chi connectivity index (χ2n) is 4.27. The topological polar surface area (TPSA) is 0 Å². The predicted molar refractivity (Wildman–Crippen MR) is 71.4 cm³/mol. The summed E-state index contributed by atoms with van der Waals surface area (Å²) in [5.41, 5.74) is 2.97. The van der Waals surface area contributed by atoms with Gasteiger partial charge < -0.3 is 0 Å². The maximum Gasteiger partial charge on any atom is 0.114 e. The molecule has 0 fully saturated rings. The molecule has 0 heterocycles. The standard InChI is InChI=1S/C15H13B/c1-4-11-6-5-7-13-14(16)9-8-12(10(2)3)15(11)13/h1,5-10H,2-3H3. The first-order chi connectivity index (χ1) is 7.65. The van der Waals surface area contributed by atoms with Crippen molar-refractivity contribution in [3.8, 4) is 12.3 Å². The molecule has 0 unspecified atom stereocenters. The summed E-state index contributed by atoms with van der Waals surface area (Å²) in [5.74, 6) is 3.18. The van der Waals surface area contributed by atoms with Crippen LogP contribution in [-0.4, -0.2) is 7.85 Å². The summed E-state index contributed by atoms with van der Waals surface area (Å²) in [6.45, 7) is 4.33. The average molecular weight is 204 g/mol. The Labute approximate surface area is 98.1 Å². The second-order valence-corrected chi connectivity index (χ2v) is 4.27. The van der Waals surface area contributed by atoms with Crippen molar-refractivity contribution in [2.24, 2.45) is 0 Å². The Bertz CT molecular complexity index is 574. The molecule has 16 heavy (non-hydrogen) atoms. The number of benzene rings is 2. The third-order valence-electron chi connectivity index (χ3n) is 2.88. The van der Waals surface area contributed by atoms with Crippen LogP contribution in [0.4, 0.5) is 0 Å². The van der Waals surface area contributed by atoms with Crippen molar-refractivity contribution in [3.05, 3.63) is 41.5 Å². The molecule has 0 bridgehead atoms. The van der Waals surface area contributed by atoms with Gasteiger partial charge in [0.05, 0.1) is 0 Å². The van der Waals surface area contributed by atoms with Crippen LogP contribution in [0.2, 0.25) is 0 Å². The number of terminal acetylenes is 1. The van der Waals surface area contributed by atoms with E-state index in [1.807, 2.05) is 24.3 Å². The van der Waals surface area contributed by atoms with Crippen molar-refractivity contribution < 1.29 is 0 Å². The van der Waals surface area contributed by atoms with Crippen molar-refractivity contribution in [3.63, 3.8) is 0 Å². The predicted octanol–water partition coefficient (Wildman–Crippen LogP) is 2.74. The first-order valence-electron chi connectivity index (χ1n) is 5.43. The zero-order valence-corrected chi connectivity index (χ0v) is 9.62. The molecule has 0 nitrogen and oxygen atoms in total. The minimum atomic E-state index is 0.442. The number of fused-ring (bicyclic) bond motifs is 1. The summed E-state index contributed by atoms with van der Waals surface area (Å²) in [6.07, 6.45) is 5.54. The van der Waals surface area contributed by atoms with E-state index in [9.17, 15) is 0 Å². The number of hydrogen-bond acceptors (Lipinski definition) is 0. The Kier molecular flexibility index (Phi) is 2.75. The first kappa shape index (κ1) is 10.8. The Hall–Kier alpha value is -1.68. The molecule has 0 aliphatic rings. The van der Waals surface area contributed by atoms with Crippen molar-refractivity contribution in [1.82, 2.24) is 0 Å². The molecule has 0 aliphatic carbocycles. The van der Waals surface area contributed by atoms with Gasteiger partial charge in [-0.1, -0.05) is 49.5 Å². The van der Waals surface area contributed by atoms with Crippen LogP contribution >= 0.6 is 0 Å². The fraction of sp³-hybridized carbons (Fsp3) is 0.200. The zero-order chi connectivity index (χ0) is 11.7. The molecular weight excluding hydrogens is 191 g/mol. The quantitative estimate of drug-likeness (QED) is 0.494. The lowest BCUT2D eigenvalue weighted by Crippen LogP contribution is -2.06. The normalized spacial score (nSPS) is 10.6. The smallest absolute Gasteiger partial charge is 0.114 e. The van der Waals surface area contributed by atoms with Gasteiger partial charge in [-0.2, -0.15) is 0 Å². The van der Waals surface area contributed by atoms with Gasteiger partial charge in [-0.25, -0.2) is 0 Å². The maximum absolute atomic E-state index is 5.98. The van der Waals surface area contributed by atoms with Gasteiger partial charge in [0.25, 0.3) is 0 Å². The van der Waals surface area contributed by atoms with Gasteiger partial charge >= 0.3 is 0 Å². The van der Waals surface area contributed by atoms with Crippen LogP contribution < -0.4 is 5.46 Å². The fourth-order valence-corrected chi connectivity index (χ4v) is 2.06. The average Bonchev–Trinajstić information content (AvgIpc) is 2.28. The SMILES string of the molecule is [B]c1ccc(C(C)C)c2c(C#C)cccc12. The van der Waals surface area contributed by atoms with Crippen molar-refractivity contribution in [2.45, 2.75) is 19.8 Å². The van der Waals surface area contributed by atoms with E-state index < -0.39 is 0 Å². The van der Waals surface area contributed by atoms with Gasteiger partial charge in [-0.05, 0) is 22.9 Å². The van der Waals surface area contributed by atoms with E-state index in [0.29, 0.717) is 5.92 Å². The second kappa shape index (κ2) is 4.06. The van der Waals surface area contributed by atoms with Gasteiger partial charge in [0, 0.05) is 10.9 Å². The third-order valence-corrected chi connectivity index (χ3v) is 2.88. The van der Waals surface area contributed by atoms with E-state index >= 15 is 0 Å².